The second-order valence-electron chi connectivity index (χ2n) is 11.0. The van der Waals surface area contributed by atoms with Gasteiger partial charge >= 0.3 is 0 Å². The van der Waals surface area contributed by atoms with Crippen LogP contribution in [-0.4, -0.2) is 75.8 Å². The highest BCUT2D eigenvalue weighted by Gasteiger charge is 2.66. The molecule has 1 amide bonds. The molecule has 5 aliphatic rings. The first-order valence-electron chi connectivity index (χ1n) is 14.0. The molecule has 0 bridgehead atoms. The summed E-state index contributed by atoms with van der Waals surface area (Å²) in [6.45, 7) is 6.66. The van der Waals surface area contributed by atoms with E-state index < -0.39 is 0 Å². The first-order valence-corrected chi connectivity index (χ1v) is 14.4. The molecular weight excluding hydrogens is 484 g/mol. The van der Waals surface area contributed by atoms with Crippen molar-refractivity contribution in [3.8, 4) is 0 Å². The smallest absolute Gasteiger partial charge is 0.272 e. The fourth-order valence-electron chi connectivity index (χ4n) is 6.18. The number of carbonyl (C=O) groups is 1. The number of carbonyl (C=O) groups excluding carboxylic acids is 1. The van der Waals surface area contributed by atoms with Crippen LogP contribution in [-0.2, 0) is 17.8 Å². The van der Waals surface area contributed by atoms with Gasteiger partial charge in [-0.15, -0.1) is 11.6 Å². The number of hydrogen-bond acceptors (Lipinski definition) is 5. The molecule has 2 unspecified atom stereocenters. The van der Waals surface area contributed by atoms with Gasteiger partial charge in [0.1, 0.15) is 11.5 Å². The van der Waals surface area contributed by atoms with Crippen molar-refractivity contribution in [3.05, 3.63) is 40.6 Å². The average Bonchev–Trinajstić information content (AvgIpc) is 3.79. The standard InChI is InChI=1S/C29H37ClN6O/c1-2-4-21(30)5-3-6-24-26(36-19-23-22(29(23)10-11-29)7-8-27(36)33-24)20-34-15-17-35(18-16-34)28(37)25-9-12-31-13-14-32-25/h7-9,13-14,19,21-22H,2-6,10-12,15-18,20H2,1H3. The Morgan fingerprint density at radius 2 is 2.03 bits per heavy atom. The molecule has 1 spiro atoms. The predicted octanol–water partition coefficient (Wildman–Crippen LogP) is 4.57. The van der Waals surface area contributed by atoms with Crippen molar-refractivity contribution in [3.63, 3.8) is 0 Å². The van der Waals surface area contributed by atoms with Crippen molar-refractivity contribution in [2.24, 2.45) is 21.3 Å². The molecule has 2 aliphatic carbocycles. The quantitative estimate of drug-likeness (QED) is 0.448. The second-order valence-corrected chi connectivity index (χ2v) is 11.7. The third-order valence-corrected chi connectivity index (χ3v) is 9.03. The SMILES string of the molecule is CCCC(Cl)CCCc1nc2n(c1CN1CCN(C(=O)C3=CCN=CC=N3)CC1)C=C1C(C=C2)C12CC2. The Bertz CT molecular complexity index is 1200. The Labute approximate surface area is 224 Å². The Morgan fingerprint density at radius 1 is 1.19 bits per heavy atom. The molecule has 1 saturated heterocycles. The van der Waals surface area contributed by atoms with E-state index in [4.69, 9.17) is 16.6 Å². The molecule has 2 atom stereocenters. The lowest BCUT2D eigenvalue weighted by molar-refractivity contribution is -0.128. The molecule has 3 aliphatic heterocycles. The van der Waals surface area contributed by atoms with Crippen LogP contribution in [0.1, 0.15) is 62.7 Å². The van der Waals surface area contributed by atoms with Gasteiger partial charge in [0.2, 0.25) is 0 Å². The zero-order chi connectivity index (χ0) is 25.4. The monoisotopic (exact) mass is 520 g/mol. The Hall–Kier alpha value is -2.51. The number of nitrogens with zero attached hydrogens (tertiary/aromatic N) is 6. The maximum Gasteiger partial charge on any atom is 0.272 e. The van der Waals surface area contributed by atoms with Gasteiger partial charge in [-0.05, 0) is 56.3 Å². The number of amides is 1. The number of allylic oxidation sites excluding steroid dienone is 2. The topological polar surface area (TPSA) is 66.1 Å². The molecule has 6 rings (SSSR count). The molecular formula is C29H37ClN6O. The molecule has 37 heavy (non-hydrogen) atoms. The Kier molecular flexibility index (Phi) is 6.93. The van der Waals surface area contributed by atoms with E-state index >= 15 is 0 Å². The van der Waals surface area contributed by atoms with Gasteiger partial charge in [0.05, 0.1) is 17.9 Å². The minimum Gasteiger partial charge on any atom is -0.335 e. The third-order valence-electron chi connectivity index (χ3n) is 8.60. The zero-order valence-electron chi connectivity index (χ0n) is 21.8. The molecule has 1 aromatic heterocycles. The zero-order valence-corrected chi connectivity index (χ0v) is 22.5. The lowest BCUT2D eigenvalue weighted by Crippen LogP contribution is -2.48. The van der Waals surface area contributed by atoms with Crippen molar-refractivity contribution in [1.29, 1.82) is 0 Å². The summed E-state index contributed by atoms with van der Waals surface area (Å²) in [6.07, 6.45) is 20.0. The maximum absolute atomic E-state index is 13.0. The number of imidazole rings is 1. The first kappa shape index (κ1) is 24.8. The highest BCUT2D eigenvalue weighted by atomic mass is 35.5. The maximum atomic E-state index is 13.0. The summed E-state index contributed by atoms with van der Waals surface area (Å²) in [4.78, 5) is 30.9. The van der Waals surface area contributed by atoms with E-state index in [-0.39, 0.29) is 11.3 Å². The molecule has 4 heterocycles. The molecule has 0 N–H and O–H groups in total. The van der Waals surface area contributed by atoms with E-state index in [1.807, 2.05) is 11.0 Å². The van der Waals surface area contributed by atoms with E-state index in [1.165, 1.54) is 24.2 Å². The van der Waals surface area contributed by atoms with Gasteiger partial charge in [0.15, 0.2) is 0 Å². The van der Waals surface area contributed by atoms with Gasteiger partial charge in [-0.25, -0.2) is 9.98 Å². The molecule has 7 nitrogen and oxygen atoms in total. The summed E-state index contributed by atoms with van der Waals surface area (Å²) >= 11 is 6.53. The summed E-state index contributed by atoms with van der Waals surface area (Å²) in [5, 5.41) is 0.253. The van der Waals surface area contributed by atoms with Gasteiger partial charge < -0.3 is 9.47 Å². The van der Waals surface area contributed by atoms with E-state index in [0.29, 0.717) is 36.7 Å². The van der Waals surface area contributed by atoms with Crippen LogP contribution in [0.2, 0.25) is 0 Å². The van der Waals surface area contributed by atoms with Gasteiger partial charge in [0.25, 0.3) is 5.91 Å². The number of halogens is 1. The molecule has 1 aromatic rings. The number of piperazine rings is 1. The van der Waals surface area contributed by atoms with Crippen LogP contribution < -0.4 is 0 Å². The number of aliphatic imine (C=N–C) groups is 2. The van der Waals surface area contributed by atoms with Crippen LogP contribution in [0.5, 0.6) is 0 Å². The van der Waals surface area contributed by atoms with E-state index in [0.717, 1.165) is 57.6 Å². The normalized spacial score (nSPS) is 24.2. The molecule has 8 heteroatoms. The highest BCUT2D eigenvalue weighted by molar-refractivity contribution is 6.20. The number of alkyl halides is 1. The summed E-state index contributed by atoms with van der Waals surface area (Å²) in [5.41, 5.74) is 5.09. The fraction of sp³-hybridized carbons (Fsp3) is 0.586. The van der Waals surface area contributed by atoms with Crippen LogP contribution in [0.25, 0.3) is 12.3 Å². The van der Waals surface area contributed by atoms with Crippen LogP contribution in [0.3, 0.4) is 0 Å². The largest absolute Gasteiger partial charge is 0.335 e. The van der Waals surface area contributed by atoms with E-state index in [9.17, 15) is 4.79 Å². The third kappa shape index (κ3) is 5.00. The Balaban J connectivity index is 1.15. The van der Waals surface area contributed by atoms with Crippen molar-refractivity contribution in [2.45, 2.75) is 63.8 Å². The minimum absolute atomic E-state index is 0.00685. The molecule has 0 aromatic carbocycles. The van der Waals surface area contributed by atoms with Gasteiger partial charge in [-0.3, -0.25) is 14.7 Å². The molecule has 2 saturated carbocycles. The van der Waals surface area contributed by atoms with Crippen LogP contribution in [0.4, 0.5) is 0 Å². The fourth-order valence-corrected chi connectivity index (χ4v) is 6.55. The van der Waals surface area contributed by atoms with Gasteiger partial charge in [-0.2, -0.15) is 0 Å². The second kappa shape index (κ2) is 10.3. The Morgan fingerprint density at radius 3 is 2.81 bits per heavy atom. The summed E-state index contributed by atoms with van der Waals surface area (Å²) in [5.74, 6) is 1.69. The van der Waals surface area contributed by atoms with Crippen LogP contribution in [0, 0.1) is 11.3 Å². The molecule has 3 fully saturated rings. The predicted molar refractivity (Wildman–Crippen MR) is 150 cm³/mol. The number of rotatable bonds is 9. The lowest BCUT2D eigenvalue weighted by atomic mass is 10.1. The number of aryl methyl sites for hydroxylation is 1. The van der Waals surface area contributed by atoms with Gasteiger partial charge in [-0.1, -0.05) is 19.4 Å². The molecule has 196 valence electrons. The van der Waals surface area contributed by atoms with Crippen LogP contribution in [0.15, 0.2) is 33.4 Å². The number of fused-ring (bicyclic) bond motifs is 4. The first-order chi connectivity index (χ1) is 18.1. The number of aromatic nitrogens is 2. The van der Waals surface area contributed by atoms with Crippen molar-refractivity contribution in [2.75, 3.05) is 32.7 Å². The lowest BCUT2D eigenvalue weighted by Gasteiger charge is -2.35. The van der Waals surface area contributed by atoms with Crippen LogP contribution >= 0.6 is 11.6 Å². The highest BCUT2D eigenvalue weighted by Crippen LogP contribution is 2.75. The van der Waals surface area contributed by atoms with E-state index in [1.54, 1.807) is 18.0 Å². The van der Waals surface area contributed by atoms with E-state index in [2.05, 4.69) is 44.7 Å². The van der Waals surface area contributed by atoms with Crippen molar-refractivity contribution >= 4 is 42.2 Å². The average molecular weight is 521 g/mol. The number of hydrogen-bond donors (Lipinski definition) is 0. The summed E-state index contributed by atoms with van der Waals surface area (Å²) in [6, 6.07) is 0. The summed E-state index contributed by atoms with van der Waals surface area (Å²) in [7, 11) is 0. The molecule has 0 radical (unpaired) electrons. The van der Waals surface area contributed by atoms with Gasteiger partial charge in [0, 0.05) is 68.1 Å². The van der Waals surface area contributed by atoms with Crippen molar-refractivity contribution in [1.82, 2.24) is 19.4 Å². The minimum atomic E-state index is 0.00685. The van der Waals surface area contributed by atoms with Crippen molar-refractivity contribution < 1.29 is 4.79 Å². The summed E-state index contributed by atoms with van der Waals surface area (Å²) < 4.78 is 2.38.